The first-order valence-electron chi connectivity index (χ1n) is 5.90. The van der Waals surface area contributed by atoms with Crippen LogP contribution in [0.3, 0.4) is 0 Å². The Kier molecular flexibility index (Phi) is 4.25. The van der Waals surface area contributed by atoms with Gasteiger partial charge >= 0.3 is 7.12 Å². The van der Waals surface area contributed by atoms with E-state index in [1.165, 1.54) is 12.1 Å². The summed E-state index contributed by atoms with van der Waals surface area (Å²) in [6.45, 7) is 10.2. The van der Waals surface area contributed by atoms with Crippen molar-refractivity contribution in [3.8, 4) is 5.75 Å². The number of benzene rings is 1. The fraction of sp³-hybridized carbons (Fsp3) is 0.500. The van der Waals surface area contributed by atoms with Crippen LogP contribution in [0.2, 0.25) is 18.1 Å². The van der Waals surface area contributed by atoms with Crippen LogP contribution < -0.4 is 9.89 Å². The van der Waals surface area contributed by atoms with Gasteiger partial charge in [0.15, 0.2) is 5.82 Å². The maximum absolute atomic E-state index is 14.0. The molecule has 0 atom stereocenters. The minimum Gasteiger partial charge on any atom is -0.542 e. The van der Waals surface area contributed by atoms with E-state index in [1.54, 1.807) is 6.07 Å². The lowest BCUT2D eigenvalue weighted by Crippen LogP contribution is -2.44. The molecule has 0 fully saturated rings. The Bertz CT molecular complexity index is 430. The highest BCUT2D eigenvalue weighted by molar-refractivity contribution is 6.74. The maximum Gasteiger partial charge on any atom is 0.491 e. The number of hydrogen-bond donors (Lipinski definition) is 2. The zero-order valence-electron chi connectivity index (χ0n) is 11.5. The molecule has 0 heterocycles. The summed E-state index contributed by atoms with van der Waals surface area (Å²) < 4.78 is 19.8. The van der Waals surface area contributed by atoms with Crippen molar-refractivity contribution in [2.45, 2.75) is 38.9 Å². The third kappa shape index (κ3) is 3.13. The van der Waals surface area contributed by atoms with Gasteiger partial charge in [-0.15, -0.1) is 0 Å². The van der Waals surface area contributed by atoms with Crippen LogP contribution in [0.4, 0.5) is 4.39 Å². The fourth-order valence-corrected chi connectivity index (χ4v) is 2.25. The molecule has 0 aromatic heterocycles. The molecule has 0 spiro atoms. The summed E-state index contributed by atoms with van der Waals surface area (Å²) >= 11 is 0. The molecule has 0 amide bonds. The largest absolute Gasteiger partial charge is 0.542 e. The minimum atomic E-state index is -2.14. The van der Waals surface area contributed by atoms with E-state index in [0.717, 1.165) is 0 Å². The second-order valence-corrected chi connectivity index (χ2v) is 10.6. The van der Waals surface area contributed by atoms with Gasteiger partial charge in [-0.25, -0.2) is 4.39 Å². The normalized spacial score (nSPS) is 12.4. The Morgan fingerprint density at radius 3 is 2.22 bits per heavy atom. The molecule has 18 heavy (non-hydrogen) atoms. The van der Waals surface area contributed by atoms with E-state index in [-0.39, 0.29) is 16.3 Å². The predicted molar refractivity (Wildman–Crippen MR) is 74.1 cm³/mol. The minimum absolute atomic E-state index is 0.0483. The Balaban J connectivity index is 3.10. The molecule has 0 aliphatic rings. The van der Waals surface area contributed by atoms with E-state index in [9.17, 15) is 4.39 Å². The Morgan fingerprint density at radius 1 is 1.22 bits per heavy atom. The van der Waals surface area contributed by atoms with Crippen molar-refractivity contribution in [2.75, 3.05) is 0 Å². The first kappa shape index (κ1) is 15.2. The molecule has 1 aromatic rings. The van der Waals surface area contributed by atoms with Crippen molar-refractivity contribution >= 4 is 20.9 Å². The van der Waals surface area contributed by atoms with Crippen molar-refractivity contribution in [3.63, 3.8) is 0 Å². The van der Waals surface area contributed by atoms with Crippen LogP contribution in [0.15, 0.2) is 18.2 Å². The molecule has 1 rings (SSSR count). The van der Waals surface area contributed by atoms with E-state index in [2.05, 4.69) is 20.8 Å². The second-order valence-electron chi connectivity index (χ2n) is 5.90. The van der Waals surface area contributed by atoms with Gasteiger partial charge in [-0.05, 0) is 24.2 Å². The van der Waals surface area contributed by atoms with Gasteiger partial charge in [-0.1, -0.05) is 32.9 Å². The lowest BCUT2D eigenvalue weighted by molar-refractivity contribution is 0.419. The van der Waals surface area contributed by atoms with Crippen LogP contribution >= 0.6 is 0 Å². The van der Waals surface area contributed by atoms with E-state index in [0.29, 0.717) is 0 Å². The summed E-state index contributed by atoms with van der Waals surface area (Å²) in [4.78, 5) is 0. The maximum atomic E-state index is 14.0. The number of hydrogen-bond acceptors (Lipinski definition) is 3. The van der Waals surface area contributed by atoms with Crippen LogP contribution in [0.5, 0.6) is 5.75 Å². The molecular formula is C12H20BFO3Si. The third-order valence-corrected chi connectivity index (χ3v) is 7.79. The van der Waals surface area contributed by atoms with Gasteiger partial charge in [-0.2, -0.15) is 0 Å². The molecule has 3 nitrogen and oxygen atoms in total. The lowest BCUT2D eigenvalue weighted by Gasteiger charge is -2.36. The molecular weight excluding hydrogens is 250 g/mol. The van der Waals surface area contributed by atoms with Crippen molar-refractivity contribution in [1.29, 1.82) is 0 Å². The number of rotatable bonds is 3. The molecule has 0 aliphatic heterocycles. The van der Waals surface area contributed by atoms with Crippen LogP contribution in [-0.4, -0.2) is 25.5 Å². The number of halogens is 1. The van der Waals surface area contributed by atoms with Crippen molar-refractivity contribution in [3.05, 3.63) is 24.0 Å². The zero-order chi connectivity index (χ0) is 14.1. The Labute approximate surface area is 109 Å². The molecule has 6 heteroatoms. The van der Waals surface area contributed by atoms with Gasteiger partial charge in [0.2, 0.25) is 0 Å². The molecule has 0 radical (unpaired) electrons. The molecule has 1 aromatic carbocycles. The highest BCUT2D eigenvalue weighted by atomic mass is 28.4. The first-order valence-corrected chi connectivity index (χ1v) is 8.80. The highest BCUT2D eigenvalue weighted by Crippen LogP contribution is 2.37. The summed E-state index contributed by atoms with van der Waals surface area (Å²) in [7, 11) is -3.96. The van der Waals surface area contributed by atoms with Crippen LogP contribution in [0.1, 0.15) is 20.8 Å². The van der Waals surface area contributed by atoms with Gasteiger partial charge in [0.05, 0.1) is 0 Å². The van der Waals surface area contributed by atoms with Gasteiger partial charge in [0.25, 0.3) is 8.32 Å². The molecule has 0 saturated heterocycles. The highest BCUT2D eigenvalue weighted by Gasteiger charge is 2.39. The zero-order valence-corrected chi connectivity index (χ0v) is 12.5. The summed E-state index contributed by atoms with van der Waals surface area (Å²) in [5, 5.41) is 18.1. The van der Waals surface area contributed by atoms with Crippen molar-refractivity contribution in [1.82, 2.24) is 0 Å². The van der Waals surface area contributed by atoms with Crippen LogP contribution in [0, 0.1) is 5.82 Å². The molecule has 2 N–H and O–H groups in total. The van der Waals surface area contributed by atoms with Crippen molar-refractivity contribution in [2.24, 2.45) is 0 Å². The molecule has 0 unspecified atom stereocenters. The Hall–Kier alpha value is -0.848. The van der Waals surface area contributed by atoms with E-state index >= 15 is 0 Å². The topological polar surface area (TPSA) is 49.7 Å². The van der Waals surface area contributed by atoms with Gasteiger partial charge in [-0.3, -0.25) is 0 Å². The van der Waals surface area contributed by atoms with E-state index in [4.69, 9.17) is 14.5 Å². The average molecular weight is 270 g/mol. The summed E-state index contributed by atoms with van der Waals surface area (Å²) in [5.41, 5.74) is -0.161. The molecule has 0 bridgehead atoms. The van der Waals surface area contributed by atoms with Crippen molar-refractivity contribution < 1.29 is 18.9 Å². The van der Waals surface area contributed by atoms with E-state index in [1.807, 2.05) is 13.1 Å². The van der Waals surface area contributed by atoms with Gasteiger partial charge < -0.3 is 14.5 Å². The SMILES string of the molecule is CC(C)(C)[Si](C)(C)Oc1cccc(B(O)O)c1F. The standard InChI is InChI=1S/C12H20BFO3Si/c1-12(2,3)18(4,5)17-10-8-6-7-9(11(10)14)13(15)16/h6-8,15-16H,1-5H3. The Morgan fingerprint density at radius 2 is 1.78 bits per heavy atom. The second kappa shape index (κ2) is 5.03. The summed E-state index contributed by atoms with van der Waals surface area (Å²) in [6, 6.07) is 4.40. The van der Waals surface area contributed by atoms with E-state index < -0.39 is 21.3 Å². The summed E-state index contributed by atoms with van der Waals surface area (Å²) in [5.74, 6) is -0.607. The lowest BCUT2D eigenvalue weighted by atomic mass is 9.80. The first-order chi connectivity index (χ1) is 8.06. The molecule has 0 aliphatic carbocycles. The van der Waals surface area contributed by atoms with Crippen LogP contribution in [0.25, 0.3) is 0 Å². The van der Waals surface area contributed by atoms with Crippen LogP contribution in [-0.2, 0) is 0 Å². The average Bonchev–Trinajstić information content (AvgIpc) is 2.18. The third-order valence-electron chi connectivity index (χ3n) is 3.44. The van der Waals surface area contributed by atoms with Gasteiger partial charge in [0.1, 0.15) is 5.75 Å². The smallest absolute Gasteiger partial charge is 0.491 e. The predicted octanol–water partition coefficient (Wildman–Crippen LogP) is 1.89. The molecule has 0 saturated carbocycles. The summed E-state index contributed by atoms with van der Waals surface area (Å²) in [6.07, 6.45) is 0. The molecule has 100 valence electrons. The quantitative estimate of drug-likeness (QED) is 0.825. The van der Waals surface area contributed by atoms with Gasteiger partial charge in [0, 0.05) is 5.46 Å². The fourth-order valence-electron chi connectivity index (χ4n) is 1.23. The monoisotopic (exact) mass is 270 g/mol.